The van der Waals surface area contributed by atoms with E-state index in [0.717, 1.165) is 44.9 Å². The SMILES string of the molecule is Cc1cc(S(=O)(=O)CCC2(C(=O)CC3C4CC5CC3CC(C(N)=O)(C5)C4)CC2)c(Cl)cc1Cl. The van der Waals surface area contributed by atoms with E-state index in [-0.39, 0.29) is 32.8 Å². The molecule has 0 spiro atoms. The first-order valence-electron chi connectivity index (χ1n) is 12.0. The molecule has 4 bridgehead atoms. The summed E-state index contributed by atoms with van der Waals surface area (Å²) in [5.41, 5.74) is 5.59. The van der Waals surface area contributed by atoms with Gasteiger partial charge in [0.1, 0.15) is 5.78 Å². The van der Waals surface area contributed by atoms with Crippen molar-refractivity contribution in [1.82, 2.24) is 0 Å². The highest BCUT2D eigenvalue weighted by Crippen LogP contribution is 2.63. The third-order valence-electron chi connectivity index (χ3n) is 9.25. The number of amides is 1. The highest BCUT2D eigenvalue weighted by molar-refractivity contribution is 7.91. The smallest absolute Gasteiger partial charge is 0.223 e. The van der Waals surface area contributed by atoms with Gasteiger partial charge in [0, 0.05) is 22.3 Å². The molecule has 1 amide bonds. The molecule has 1 aromatic carbocycles. The van der Waals surface area contributed by atoms with Gasteiger partial charge in [-0.3, -0.25) is 9.59 Å². The van der Waals surface area contributed by atoms with Gasteiger partial charge in [-0.25, -0.2) is 8.42 Å². The van der Waals surface area contributed by atoms with Gasteiger partial charge in [0.05, 0.1) is 15.7 Å². The van der Waals surface area contributed by atoms with E-state index in [2.05, 4.69) is 0 Å². The summed E-state index contributed by atoms with van der Waals surface area (Å²) in [6.45, 7) is 1.75. The molecular formula is C25H31Cl2NO4S. The number of benzene rings is 1. The molecule has 8 heteroatoms. The Hall–Kier alpha value is -1.11. The number of halogens is 2. The van der Waals surface area contributed by atoms with Crippen LogP contribution in [-0.4, -0.2) is 25.9 Å². The lowest BCUT2D eigenvalue weighted by Gasteiger charge is -2.59. The maximum Gasteiger partial charge on any atom is 0.223 e. The van der Waals surface area contributed by atoms with E-state index in [1.165, 1.54) is 12.1 Å². The van der Waals surface area contributed by atoms with E-state index in [0.29, 0.717) is 47.1 Å². The first kappa shape index (κ1) is 23.6. The molecule has 6 rings (SSSR count). The van der Waals surface area contributed by atoms with Gasteiger partial charge >= 0.3 is 0 Å². The van der Waals surface area contributed by atoms with Gasteiger partial charge in [0.2, 0.25) is 5.91 Å². The van der Waals surface area contributed by atoms with Crippen LogP contribution < -0.4 is 5.73 Å². The van der Waals surface area contributed by atoms with E-state index < -0.39 is 15.3 Å². The highest BCUT2D eigenvalue weighted by Gasteiger charge is 2.59. The van der Waals surface area contributed by atoms with Gasteiger partial charge in [0.15, 0.2) is 9.84 Å². The molecule has 180 valence electrons. The molecule has 5 aliphatic rings. The Morgan fingerprint density at radius 2 is 1.70 bits per heavy atom. The molecule has 1 aromatic rings. The number of sulfone groups is 1. The number of hydrogen-bond donors (Lipinski definition) is 1. The standard InChI is InChI=1S/C25H31Cl2NO4S/c1-14-6-21(20(27)10-19(14)26)33(31,32)5-4-24(2-3-24)22(29)9-18-16-7-15-8-17(18)13-25(11-15,12-16)23(28)30/h6,10,15-18H,2-5,7-9,11-13H2,1H3,(H2,28,30). The minimum Gasteiger partial charge on any atom is -0.369 e. The average Bonchev–Trinajstić information content (AvgIpc) is 3.52. The molecule has 5 saturated carbocycles. The predicted octanol–water partition coefficient (Wildman–Crippen LogP) is 5.13. The maximum absolute atomic E-state index is 13.4. The summed E-state index contributed by atoms with van der Waals surface area (Å²) < 4.78 is 26.0. The molecule has 0 radical (unpaired) electrons. The highest BCUT2D eigenvalue weighted by atomic mass is 35.5. The van der Waals surface area contributed by atoms with Gasteiger partial charge in [0.25, 0.3) is 0 Å². The number of carbonyl (C=O) groups excluding carboxylic acids is 2. The normalized spacial score (nSPS) is 33.8. The summed E-state index contributed by atoms with van der Waals surface area (Å²) in [5, 5.41) is 0.556. The van der Waals surface area contributed by atoms with Crippen LogP contribution in [0.1, 0.15) is 63.4 Å². The monoisotopic (exact) mass is 511 g/mol. The molecule has 0 heterocycles. The van der Waals surface area contributed by atoms with E-state index in [1.807, 2.05) is 0 Å². The second kappa shape index (κ2) is 7.96. The number of ketones is 1. The summed E-state index contributed by atoms with van der Waals surface area (Å²) in [6.07, 6.45) is 7.12. The van der Waals surface area contributed by atoms with Gasteiger partial charge in [-0.05, 0) is 99.7 Å². The largest absolute Gasteiger partial charge is 0.369 e. The molecule has 0 aliphatic heterocycles. The zero-order chi connectivity index (χ0) is 23.8. The quantitative estimate of drug-likeness (QED) is 0.522. The first-order chi connectivity index (χ1) is 15.4. The summed E-state index contributed by atoms with van der Waals surface area (Å²) in [4.78, 5) is 25.7. The van der Waals surface area contributed by atoms with Crippen LogP contribution in [0.15, 0.2) is 17.0 Å². The molecule has 2 unspecified atom stereocenters. The number of primary amides is 1. The van der Waals surface area contributed by atoms with Gasteiger partial charge < -0.3 is 5.73 Å². The van der Waals surface area contributed by atoms with Crippen molar-refractivity contribution in [3.05, 3.63) is 27.7 Å². The van der Waals surface area contributed by atoms with Crippen LogP contribution in [0.3, 0.4) is 0 Å². The summed E-state index contributed by atoms with van der Waals surface area (Å²) in [5.74, 6) is 1.61. The van der Waals surface area contributed by atoms with Crippen LogP contribution in [0.2, 0.25) is 10.0 Å². The average molecular weight is 512 g/mol. The van der Waals surface area contributed by atoms with Crippen LogP contribution >= 0.6 is 23.2 Å². The Balaban J connectivity index is 1.26. The Kier molecular flexibility index (Phi) is 5.70. The van der Waals surface area contributed by atoms with Crippen LogP contribution in [0.4, 0.5) is 0 Å². The molecular weight excluding hydrogens is 481 g/mol. The van der Waals surface area contributed by atoms with Crippen molar-refractivity contribution < 1.29 is 18.0 Å². The Labute approximate surface area is 205 Å². The molecule has 0 aromatic heterocycles. The zero-order valence-corrected chi connectivity index (χ0v) is 21.2. The van der Waals surface area contributed by atoms with Crippen LogP contribution in [0.5, 0.6) is 0 Å². The Morgan fingerprint density at radius 1 is 1.06 bits per heavy atom. The van der Waals surface area contributed by atoms with Crippen molar-refractivity contribution in [2.45, 2.75) is 69.6 Å². The number of rotatable bonds is 8. The minimum atomic E-state index is -3.62. The van der Waals surface area contributed by atoms with E-state index >= 15 is 0 Å². The summed E-state index contributed by atoms with van der Waals surface area (Å²) in [6, 6.07) is 2.99. The van der Waals surface area contributed by atoms with Crippen LogP contribution in [0.25, 0.3) is 0 Å². The van der Waals surface area contributed by atoms with E-state index in [4.69, 9.17) is 28.9 Å². The van der Waals surface area contributed by atoms with Crippen molar-refractivity contribution >= 4 is 44.7 Å². The van der Waals surface area contributed by atoms with Crippen molar-refractivity contribution in [3.63, 3.8) is 0 Å². The Bertz CT molecular complexity index is 1110. The van der Waals surface area contributed by atoms with Gasteiger partial charge in [-0.1, -0.05) is 23.2 Å². The number of carbonyl (C=O) groups is 2. The fourth-order valence-electron chi connectivity index (χ4n) is 7.32. The number of aryl methyl sites for hydroxylation is 1. The first-order valence-corrected chi connectivity index (χ1v) is 14.4. The van der Waals surface area contributed by atoms with Crippen LogP contribution in [0, 0.1) is 41.4 Å². The maximum atomic E-state index is 13.4. The molecule has 33 heavy (non-hydrogen) atoms. The van der Waals surface area contributed by atoms with Gasteiger partial charge in [-0.2, -0.15) is 0 Å². The van der Waals surface area contributed by atoms with Crippen molar-refractivity contribution in [3.8, 4) is 0 Å². The zero-order valence-electron chi connectivity index (χ0n) is 18.9. The lowest BCUT2D eigenvalue weighted by Crippen LogP contribution is -2.56. The fraction of sp³-hybridized carbons (Fsp3) is 0.680. The van der Waals surface area contributed by atoms with Crippen molar-refractivity contribution in [1.29, 1.82) is 0 Å². The topological polar surface area (TPSA) is 94.3 Å². The van der Waals surface area contributed by atoms with Crippen LogP contribution in [-0.2, 0) is 19.4 Å². The molecule has 5 nitrogen and oxygen atoms in total. The minimum absolute atomic E-state index is 0.0899. The van der Waals surface area contributed by atoms with Crippen molar-refractivity contribution in [2.24, 2.45) is 40.2 Å². The van der Waals surface area contributed by atoms with Crippen molar-refractivity contribution in [2.75, 3.05) is 5.75 Å². The third kappa shape index (κ3) is 4.04. The van der Waals surface area contributed by atoms with E-state index in [1.54, 1.807) is 6.92 Å². The van der Waals surface area contributed by atoms with E-state index in [9.17, 15) is 18.0 Å². The molecule has 2 N–H and O–H groups in total. The fourth-order valence-corrected chi connectivity index (χ4v) is 9.65. The number of hydrogen-bond acceptors (Lipinski definition) is 4. The molecule has 0 saturated heterocycles. The second-order valence-corrected chi connectivity index (χ2v) is 14.2. The lowest BCUT2D eigenvalue weighted by molar-refractivity contribution is -0.152. The number of nitrogens with two attached hydrogens (primary N) is 1. The molecule has 2 atom stereocenters. The Morgan fingerprint density at radius 3 is 2.27 bits per heavy atom. The lowest BCUT2D eigenvalue weighted by atomic mass is 9.45. The second-order valence-electron chi connectivity index (χ2n) is 11.3. The molecule has 5 aliphatic carbocycles. The summed E-state index contributed by atoms with van der Waals surface area (Å²) in [7, 11) is -3.62. The number of Topliss-reactive ketones (excluding diaryl/α,β-unsaturated/α-hetero) is 1. The molecule has 5 fully saturated rings. The van der Waals surface area contributed by atoms with Gasteiger partial charge in [-0.15, -0.1) is 0 Å². The summed E-state index contributed by atoms with van der Waals surface area (Å²) >= 11 is 12.2. The third-order valence-corrected chi connectivity index (χ3v) is 11.8. The predicted molar refractivity (Wildman–Crippen MR) is 128 cm³/mol.